The molecule has 0 heterocycles. The lowest BCUT2D eigenvalue weighted by molar-refractivity contribution is 0.314. The fourth-order valence-corrected chi connectivity index (χ4v) is 2.73. The fourth-order valence-electron chi connectivity index (χ4n) is 2.73. The highest BCUT2D eigenvalue weighted by atomic mass is 14.9. The van der Waals surface area contributed by atoms with Gasteiger partial charge in [-0.25, -0.2) is 0 Å². The first-order valence-corrected chi connectivity index (χ1v) is 7.22. The predicted molar refractivity (Wildman–Crippen MR) is 72.7 cm³/mol. The molecule has 1 aliphatic rings. The average molecular weight is 225 g/mol. The predicted octanol–water partition coefficient (Wildman–Crippen LogP) is 4.37. The van der Waals surface area contributed by atoms with Crippen molar-refractivity contribution in [3.05, 3.63) is 0 Å². The van der Waals surface area contributed by atoms with Gasteiger partial charge in [0.25, 0.3) is 0 Å². The minimum Gasteiger partial charge on any atom is -0.312 e. The van der Waals surface area contributed by atoms with Crippen LogP contribution in [0, 0.1) is 11.8 Å². The fraction of sp³-hybridized carbons (Fsp3) is 1.00. The summed E-state index contributed by atoms with van der Waals surface area (Å²) in [6.45, 7) is 10.4. The molecule has 0 aromatic carbocycles. The van der Waals surface area contributed by atoms with Crippen LogP contribution in [0.1, 0.15) is 72.6 Å². The van der Waals surface area contributed by atoms with Gasteiger partial charge in [0, 0.05) is 5.54 Å². The van der Waals surface area contributed by atoms with E-state index in [0.29, 0.717) is 0 Å². The maximum atomic E-state index is 3.63. The van der Waals surface area contributed by atoms with Gasteiger partial charge in [0.2, 0.25) is 0 Å². The van der Waals surface area contributed by atoms with Crippen LogP contribution in [0.25, 0.3) is 0 Å². The molecule has 0 aromatic rings. The quantitative estimate of drug-likeness (QED) is 0.701. The van der Waals surface area contributed by atoms with Crippen molar-refractivity contribution >= 4 is 0 Å². The van der Waals surface area contributed by atoms with E-state index in [2.05, 4.69) is 33.0 Å². The molecule has 1 N–H and O–H groups in total. The summed E-state index contributed by atoms with van der Waals surface area (Å²) in [6, 6.07) is 0. The first-order valence-electron chi connectivity index (χ1n) is 7.22. The number of rotatable bonds is 4. The van der Waals surface area contributed by atoms with Crippen LogP contribution in [0.2, 0.25) is 0 Å². The van der Waals surface area contributed by atoms with Gasteiger partial charge in [-0.3, -0.25) is 0 Å². The topological polar surface area (TPSA) is 12.0 Å². The largest absolute Gasteiger partial charge is 0.312 e. The lowest BCUT2D eigenvalue weighted by Gasteiger charge is -2.25. The van der Waals surface area contributed by atoms with Gasteiger partial charge in [-0.15, -0.1) is 0 Å². The van der Waals surface area contributed by atoms with Crippen molar-refractivity contribution in [2.45, 2.75) is 78.2 Å². The van der Waals surface area contributed by atoms with Gasteiger partial charge in [0.05, 0.1) is 0 Å². The van der Waals surface area contributed by atoms with Crippen molar-refractivity contribution < 1.29 is 0 Å². The van der Waals surface area contributed by atoms with Crippen LogP contribution in [-0.4, -0.2) is 12.1 Å². The molecule has 0 aliphatic heterocycles. The summed E-state index contributed by atoms with van der Waals surface area (Å²) in [5, 5.41) is 3.63. The zero-order chi connectivity index (χ0) is 12.0. The van der Waals surface area contributed by atoms with Crippen molar-refractivity contribution in [3.8, 4) is 0 Å². The third-order valence-corrected chi connectivity index (χ3v) is 3.69. The van der Waals surface area contributed by atoms with Gasteiger partial charge in [0.15, 0.2) is 0 Å². The molecule has 16 heavy (non-hydrogen) atoms. The van der Waals surface area contributed by atoms with Gasteiger partial charge >= 0.3 is 0 Å². The normalized spacial score (nSPS) is 21.8. The van der Waals surface area contributed by atoms with Gasteiger partial charge in [-0.2, -0.15) is 0 Å². The molecule has 0 amide bonds. The second-order valence-electron chi connectivity index (χ2n) is 6.83. The summed E-state index contributed by atoms with van der Waals surface area (Å²) in [7, 11) is 0. The third kappa shape index (κ3) is 6.52. The summed E-state index contributed by atoms with van der Waals surface area (Å²) >= 11 is 0. The molecule has 96 valence electrons. The van der Waals surface area contributed by atoms with E-state index in [1.165, 1.54) is 51.5 Å². The molecular weight excluding hydrogens is 194 g/mol. The van der Waals surface area contributed by atoms with E-state index in [1.807, 2.05) is 0 Å². The maximum Gasteiger partial charge on any atom is 0.00966 e. The minimum absolute atomic E-state index is 0.276. The second-order valence-corrected chi connectivity index (χ2v) is 6.83. The van der Waals surface area contributed by atoms with Gasteiger partial charge in [-0.05, 0) is 45.6 Å². The Bertz CT molecular complexity index is 172. The van der Waals surface area contributed by atoms with E-state index in [0.717, 1.165) is 11.8 Å². The smallest absolute Gasteiger partial charge is 0.00966 e. The van der Waals surface area contributed by atoms with Crippen LogP contribution >= 0.6 is 0 Å². The van der Waals surface area contributed by atoms with Crippen molar-refractivity contribution in [2.24, 2.45) is 11.8 Å². The van der Waals surface area contributed by atoms with Crippen molar-refractivity contribution in [1.82, 2.24) is 5.32 Å². The van der Waals surface area contributed by atoms with Crippen LogP contribution < -0.4 is 5.32 Å². The molecule has 1 nitrogen and oxygen atoms in total. The Labute approximate surface area is 102 Å². The van der Waals surface area contributed by atoms with Crippen molar-refractivity contribution in [2.75, 3.05) is 6.54 Å². The van der Waals surface area contributed by atoms with Gasteiger partial charge in [-0.1, -0.05) is 45.4 Å². The highest BCUT2D eigenvalue weighted by Gasteiger charge is 2.17. The summed E-state index contributed by atoms with van der Waals surface area (Å²) < 4.78 is 0. The Kier molecular flexibility index (Phi) is 5.82. The molecule has 0 radical (unpaired) electrons. The Morgan fingerprint density at radius 3 is 2.12 bits per heavy atom. The van der Waals surface area contributed by atoms with Gasteiger partial charge < -0.3 is 5.32 Å². The maximum absolute atomic E-state index is 3.63. The Balaban J connectivity index is 2.19. The SMILES string of the molecule is CC(CNC(C)(C)C)CC1CCCCCC1. The van der Waals surface area contributed by atoms with Gasteiger partial charge in [0.1, 0.15) is 0 Å². The second kappa shape index (κ2) is 6.64. The minimum atomic E-state index is 0.276. The molecule has 1 saturated carbocycles. The van der Waals surface area contributed by atoms with Crippen LogP contribution in [0.3, 0.4) is 0 Å². The van der Waals surface area contributed by atoms with E-state index in [1.54, 1.807) is 0 Å². The number of hydrogen-bond acceptors (Lipinski definition) is 1. The molecular formula is C15H31N. The van der Waals surface area contributed by atoms with Crippen molar-refractivity contribution in [3.63, 3.8) is 0 Å². The lowest BCUT2D eigenvalue weighted by Crippen LogP contribution is -2.38. The molecule has 0 saturated heterocycles. The molecule has 0 bridgehead atoms. The monoisotopic (exact) mass is 225 g/mol. The van der Waals surface area contributed by atoms with Crippen LogP contribution in [0.4, 0.5) is 0 Å². The number of hydrogen-bond donors (Lipinski definition) is 1. The van der Waals surface area contributed by atoms with E-state index in [9.17, 15) is 0 Å². The Morgan fingerprint density at radius 2 is 1.62 bits per heavy atom. The molecule has 1 aliphatic carbocycles. The van der Waals surface area contributed by atoms with Crippen LogP contribution in [0.5, 0.6) is 0 Å². The highest BCUT2D eigenvalue weighted by Crippen LogP contribution is 2.28. The zero-order valence-corrected chi connectivity index (χ0v) is 11.8. The first kappa shape index (κ1) is 14.0. The standard InChI is InChI=1S/C15H31N/c1-13(12-16-15(2,3)4)11-14-9-7-5-6-8-10-14/h13-14,16H,5-12H2,1-4H3. The Hall–Kier alpha value is -0.0400. The molecule has 1 unspecified atom stereocenters. The summed E-state index contributed by atoms with van der Waals surface area (Å²) in [5.41, 5.74) is 0.276. The average Bonchev–Trinajstić information content (AvgIpc) is 2.42. The van der Waals surface area contributed by atoms with E-state index < -0.39 is 0 Å². The first-order chi connectivity index (χ1) is 7.47. The molecule has 1 fully saturated rings. The third-order valence-electron chi connectivity index (χ3n) is 3.69. The molecule has 0 aromatic heterocycles. The summed E-state index contributed by atoms with van der Waals surface area (Å²) in [5.74, 6) is 1.85. The zero-order valence-electron chi connectivity index (χ0n) is 11.8. The summed E-state index contributed by atoms with van der Waals surface area (Å²) in [6.07, 6.45) is 10.3. The summed E-state index contributed by atoms with van der Waals surface area (Å²) in [4.78, 5) is 0. The van der Waals surface area contributed by atoms with E-state index >= 15 is 0 Å². The van der Waals surface area contributed by atoms with Crippen LogP contribution in [0.15, 0.2) is 0 Å². The lowest BCUT2D eigenvalue weighted by atomic mass is 9.89. The van der Waals surface area contributed by atoms with Crippen LogP contribution in [-0.2, 0) is 0 Å². The molecule has 0 spiro atoms. The molecule has 1 atom stereocenters. The van der Waals surface area contributed by atoms with Crippen molar-refractivity contribution in [1.29, 1.82) is 0 Å². The Morgan fingerprint density at radius 1 is 1.06 bits per heavy atom. The number of nitrogens with one attached hydrogen (secondary N) is 1. The molecule has 1 rings (SSSR count). The molecule has 1 heteroatoms. The van der Waals surface area contributed by atoms with E-state index in [4.69, 9.17) is 0 Å². The van der Waals surface area contributed by atoms with E-state index in [-0.39, 0.29) is 5.54 Å². The highest BCUT2D eigenvalue weighted by molar-refractivity contribution is 4.74.